The van der Waals surface area contributed by atoms with Crippen molar-refractivity contribution in [3.8, 4) is 0 Å². The van der Waals surface area contributed by atoms with Gasteiger partial charge in [-0.05, 0) is 0 Å². The Labute approximate surface area is 118 Å². The molecule has 0 amide bonds. The van der Waals surface area contributed by atoms with E-state index >= 15 is 0 Å². The van der Waals surface area contributed by atoms with Gasteiger partial charge in [0.2, 0.25) is 0 Å². The van der Waals surface area contributed by atoms with Gasteiger partial charge in [-0.3, -0.25) is 0 Å². The van der Waals surface area contributed by atoms with E-state index < -0.39 is 48.4 Å². The van der Waals surface area contributed by atoms with Gasteiger partial charge in [-0.25, -0.2) is 0 Å². The molecule has 0 aromatic heterocycles. The normalized spacial score (nSPS) is 17.3. The van der Waals surface area contributed by atoms with Gasteiger partial charge in [-0.2, -0.15) is 52.7 Å². The third-order valence-electron chi connectivity index (χ3n) is 2.68. The van der Waals surface area contributed by atoms with Crippen LogP contribution in [0.2, 0.25) is 0 Å². The Morgan fingerprint density at radius 3 is 1.22 bits per heavy atom. The molecule has 0 bridgehead atoms. The number of rotatable bonds is 5. The van der Waals surface area contributed by atoms with Crippen LogP contribution in [0, 0.1) is 0 Å². The van der Waals surface area contributed by atoms with Crippen molar-refractivity contribution in [1.29, 1.82) is 0 Å². The van der Waals surface area contributed by atoms with E-state index in [1.54, 1.807) is 0 Å². The van der Waals surface area contributed by atoms with Gasteiger partial charge in [-0.15, -0.1) is 0 Å². The van der Waals surface area contributed by atoms with E-state index in [0.29, 0.717) is 0 Å². The molecule has 0 heterocycles. The van der Waals surface area contributed by atoms with Crippen molar-refractivity contribution >= 4 is 0 Å². The third-order valence-corrected chi connectivity index (χ3v) is 2.68. The fourth-order valence-electron chi connectivity index (χ4n) is 1.25. The van der Waals surface area contributed by atoms with Crippen molar-refractivity contribution < 1.29 is 68.0 Å². The number of alkyl halides is 12. The molecule has 23 heavy (non-hydrogen) atoms. The number of aliphatic hydroxyl groups is 3. The molecule has 0 saturated carbocycles. The maximum Gasteiger partial charge on any atom is 0.429 e. The van der Waals surface area contributed by atoms with Crippen molar-refractivity contribution in [2.24, 2.45) is 0 Å². The SMILES string of the molecule is OCC(F)(F)C(F)(F)C(F)(F)C(O)C(O)(C(F)(F)F)C(F)(F)F. The molecule has 0 aromatic rings. The van der Waals surface area contributed by atoms with Crippen LogP contribution in [0.5, 0.6) is 0 Å². The summed E-state index contributed by atoms with van der Waals surface area (Å²) in [6.45, 7) is -3.10. The first kappa shape index (κ1) is 22.0. The van der Waals surface area contributed by atoms with Gasteiger partial charge >= 0.3 is 30.1 Å². The summed E-state index contributed by atoms with van der Waals surface area (Å²) >= 11 is 0. The van der Waals surface area contributed by atoms with Crippen LogP contribution in [0.15, 0.2) is 0 Å². The van der Waals surface area contributed by atoms with E-state index in [-0.39, 0.29) is 0 Å². The van der Waals surface area contributed by atoms with E-state index in [1.165, 1.54) is 0 Å². The van der Waals surface area contributed by atoms with Crippen molar-refractivity contribution in [3.05, 3.63) is 0 Å². The zero-order valence-corrected chi connectivity index (χ0v) is 10.2. The molecular formula is C8H6F12O3. The highest BCUT2D eigenvalue weighted by atomic mass is 19.4. The lowest BCUT2D eigenvalue weighted by Crippen LogP contribution is -2.73. The van der Waals surface area contributed by atoms with E-state index in [0.717, 1.165) is 0 Å². The van der Waals surface area contributed by atoms with Gasteiger partial charge in [-0.1, -0.05) is 0 Å². The minimum Gasteiger partial charge on any atom is -0.390 e. The predicted molar refractivity (Wildman–Crippen MR) is 45.0 cm³/mol. The molecule has 15 heteroatoms. The smallest absolute Gasteiger partial charge is 0.390 e. The van der Waals surface area contributed by atoms with Gasteiger partial charge in [0.1, 0.15) is 6.61 Å². The Morgan fingerprint density at radius 1 is 0.696 bits per heavy atom. The van der Waals surface area contributed by atoms with Crippen molar-refractivity contribution in [3.63, 3.8) is 0 Å². The fourth-order valence-corrected chi connectivity index (χ4v) is 1.25. The van der Waals surface area contributed by atoms with Crippen molar-refractivity contribution in [1.82, 2.24) is 0 Å². The number of hydrogen-bond donors (Lipinski definition) is 3. The molecule has 3 N–H and O–H groups in total. The summed E-state index contributed by atoms with van der Waals surface area (Å²) in [5.41, 5.74) is -6.85. The third kappa shape index (κ3) is 3.05. The van der Waals surface area contributed by atoms with Crippen LogP contribution in [-0.2, 0) is 0 Å². The first-order valence-electron chi connectivity index (χ1n) is 5.00. The first-order chi connectivity index (χ1) is 9.72. The summed E-state index contributed by atoms with van der Waals surface area (Å²) in [4.78, 5) is 0. The van der Waals surface area contributed by atoms with Gasteiger partial charge in [0, 0.05) is 0 Å². The second-order valence-corrected chi connectivity index (χ2v) is 4.22. The standard InChI is InChI=1S/C8H6F12O3/c9-3(10,1-21)6(13,14)5(11,12)2(22)4(23,7(15,16)17)8(18,19)20/h2,21-23H,1H2. The average Bonchev–Trinajstić information content (AvgIpc) is 2.33. The van der Waals surface area contributed by atoms with Crippen LogP contribution in [0.25, 0.3) is 0 Å². The summed E-state index contributed by atoms with van der Waals surface area (Å²) in [7, 11) is 0. The lowest BCUT2D eigenvalue weighted by Gasteiger charge is -2.42. The number of aliphatic hydroxyl groups excluding tert-OH is 2. The highest BCUT2D eigenvalue weighted by Crippen LogP contribution is 2.54. The zero-order valence-electron chi connectivity index (χ0n) is 10.2. The Kier molecular flexibility index (Phi) is 5.31. The average molecular weight is 378 g/mol. The lowest BCUT2D eigenvalue weighted by atomic mass is 9.86. The Balaban J connectivity index is 6.31. The van der Waals surface area contributed by atoms with E-state index in [9.17, 15) is 52.7 Å². The molecule has 0 fully saturated rings. The second kappa shape index (κ2) is 5.54. The topological polar surface area (TPSA) is 60.7 Å². The van der Waals surface area contributed by atoms with Crippen molar-refractivity contribution in [2.45, 2.75) is 41.8 Å². The highest BCUT2D eigenvalue weighted by Gasteiger charge is 2.84. The molecule has 0 aliphatic heterocycles. The minimum absolute atomic E-state index is 3.10. The highest BCUT2D eigenvalue weighted by molar-refractivity contribution is 5.11. The molecule has 3 nitrogen and oxygen atoms in total. The minimum atomic E-state index is -7.18. The largest absolute Gasteiger partial charge is 0.429 e. The van der Waals surface area contributed by atoms with Crippen LogP contribution in [-0.4, -0.2) is 63.8 Å². The Hall–Kier alpha value is -0.960. The summed E-state index contributed by atoms with van der Waals surface area (Å²) in [5, 5.41) is 24.6. The molecule has 0 aromatic carbocycles. The Morgan fingerprint density at radius 2 is 1.00 bits per heavy atom. The van der Waals surface area contributed by atoms with Crippen LogP contribution < -0.4 is 0 Å². The fraction of sp³-hybridized carbons (Fsp3) is 1.00. The van der Waals surface area contributed by atoms with Crippen LogP contribution in [0.3, 0.4) is 0 Å². The molecule has 140 valence electrons. The molecule has 0 radical (unpaired) electrons. The molecule has 0 spiro atoms. The maximum atomic E-state index is 13.1. The molecule has 0 saturated heterocycles. The van der Waals surface area contributed by atoms with Gasteiger partial charge in [0.05, 0.1) is 0 Å². The summed E-state index contributed by atoms with van der Waals surface area (Å²) < 4.78 is 150. The predicted octanol–water partition coefficient (Wildman–Crippen LogP) is 2.10. The van der Waals surface area contributed by atoms with E-state index in [4.69, 9.17) is 15.3 Å². The monoisotopic (exact) mass is 378 g/mol. The van der Waals surface area contributed by atoms with Crippen molar-refractivity contribution in [2.75, 3.05) is 6.61 Å². The first-order valence-corrected chi connectivity index (χ1v) is 5.00. The van der Waals surface area contributed by atoms with Crippen LogP contribution in [0.4, 0.5) is 52.7 Å². The maximum absolute atomic E-state index is 13.1. The quantitative estimate of drug-likeness (QED) is 0.643. The zero-order chi connectivity index (χ0) is 19.3. The second-order valence-electron chi connectivity index (χ2n) is 4.22. The van der Waals surface area contributed by atoms with Gasteiger partial charge < -0.3 is 15.3 Å². The number of halogens is 12. The molecule has 0 aliphatic carbocycles. The lowest BCUT2D eigenvalue weighted by molar-refractivity contribution is -0.431. The van der Waals surface area contributed by atoms with Gasteiger partial charge in [0.25, 0.3) is 5.60 Å². The van der Waals surface area contributed by atoms with Crippen LogP contribution in [0.1, 0.15) is 0 Å². The molecule has 1 atom stereocenters. The summed E-state index contributed by atoms with van der Waals surface area (Å²) in [6.07, 6.45) is -20.1. The summed E-state index contributed by atoms with van der Waals surface area (Å²) in [6, 6.07) is 0. The molecular weight excluding hydrogens is 372 g/mol. The summed E-state index contributed by atoms with van der Waals surface area (Å²) in [5.74, 6) is -20.4. The number of hydrogen-bond acceptors (Lipinski definition) is 3. The van der Waals surface area contributed by atoms with Gasteiger partial charge in [0.15, 0.2) is 6.10 Å². The molecule has 0 rings (SSSR count). The molecule has 0 aliphatic rings. The van der Waals surface area contributed by atoms with E-state index in [1.807, 2.05) is 0 Å². The van der Waals surface area contributed by atoms with Crippen LogP contribution >= 0.6 is 0 Å². The Bertz CT molecular complexity index is 411. The molecule has 1 unspecified atom stereocenters. The van der Waals surface area contributed by atoms with E-state index in [2.05, 4.69) is 0 Å².